The maximum Gasteiger partial charge on any atom is 0.490 e. The monoisotopic (exact) mass is 558 g/mol. The fraction of sp³-hybridized carbons (Fsp3) is 0.227. The summed E-state index contributed by atoms with van der Waals surface area (Å²) in [6, 6.07) is 7.30. The molecule has 0 aliphatic heterocycles. The third kappa shape index (κ3) is 6.29. The number of rotatable bonds is 6. The van der Waals surface area contributed by atoms with Crippen molar-refractivity contribution in [3.05, 3.63) is 47.9 Å². The van der Waals surface area contributed by atoms with Gasteiger partial charge in [-0.2, -0.15) is 21.6 Å². The molecule has 0 radical (unpaired) electrons. The minimum atomic E-state index is -5.08. The highest BCUT2D eigenvalue weighted by Crippen LogP contribution is 2.41. The first kappa shape index (κ1) is 27.7. The van der Waals surface area contributed by atoms with Crippen LogP contribution in [0.5, 0.6) is 11.5 Å². The Hall–Kier alpha value is -3.85. The molecule has 0 unspecified atom stereocenters. The second-order valence-corrected chi connectivity index (χ2v) is 9.98. The average molecular weight is 559 g/mol. The lowest BCUT2D eigenvalue weighted by Gasteiger charge is -2.12. The third-order valence-corrected chi connectivity index (χ3v) is 6.93. The van der Waals surface area contributed by atoms with Gasteiger partial charge in [-0.25, -0.2) is 14.8 Å². The topological polar surface area (TPSA) is 133 Å². The highest BCUT2D eigenvalue weighted by Gasteiger charge is 2.38. The molecule has 2 N–H and O–H groups in total. The number of carboxylic acids is 1. The Kier molecular flexibility index (Phi) is 7.97. The molecule has 3 aromatic heterocycles. The van der Waals surface area contributed by atoms with Crippen LogP contribution in [0.1, 0.15) is 5.69 Å². The van der Waals surface area contributed by atoms with Crippen molar-refractivity contribution in [1.82, 2.24) is 14.5 Å². The fourth-order valence-electron chi connectivity index (χ4n) is 3.19. The normalized spacial score (nSPS) is 11.5. The van der Waals surface area contributed by atoms with Crippen LogP contribution >= 0.6 is 11.3 Å². The highest BCUT2D eigenvalue weighted by atomic mass is 32.2. The number of aromatic nitrogens is 3. The van der Waals surface area contributed by atoms with Crippen molar-refractivity contribution in [2.24, 2.45) is 7.05 Å². The van der Waals surface area contributed by atoms with Crippen LogP contribution in [0.3, 0.4) is 0 Å². The number of alkyl halides is 3. The van der Waals surface area contributed by atoms with Crippen LogP contribution in [0.4, 0.5) is 18.9 Å². The number of aryl methyl sites for hydroxylation is 2. The van der Waals surface area contributed by atoms with E-state index in [0.717, 1.165) is 21.3 Å². The van der Waals surface area contributed by atoms with E-state index in [1.54, 1.807) is 31.9 Å². The van der Waals surface area contributed by atoms with E-state index in [0.29, 0.717) is 22.9 Å². The van der Waals surface area contributed by atoms with Crippen LogP contribution in [0.15, 0.2) is 47.2 Å². The van der Waals surface area contributed by atoms with Crippen LogP contribution in [0.2, 0.25) is 0 Å². The quantitative estimate of drug-likeness (QED) is 0.355. The molecule has 0 bridgehead atoms. The van der Waals surface area contributed by atoms with E-state index in [4.69, 9.17) is 19.4 Å². The number of imidazole rings is 1. The van der Waals surface area contributed by atoms with E-state index in [9.17, 15) is 21.6 Å². The number of halogens is 3. The van der Waals surface area contributed by atoms with Gasteiger partial charge in [0.05, 0.1) is 26.2 Å². The summed E-state index contributed by atoms with van der Waals surface area (Å²) in [5.41, 5.74) is 2.88. The van der Waals surface area contributed by atoms with Gasteiger partial charge in [0.1, 0.15) is 4.83 Å². The van der Waals surface area contributed by atoms with Gasteiger partial charge in [-0.05, 0) is 30.7 Å². The van der Waals surface area contributed by atoms with Crippen molar-refractivity contribution in [2.45, 2.75) is 18.1 Å². The van der Waals surface area contributed by atoms with Gasteiger partial charge in [-0.3, -0.25) is 4.72 Å². The van der Waals surface area contributed by atoms with E-state index in [2.05, 4.69) is 14.7 Å². The first-order chi connectivity index (χ1) is 17.3. The van der Waals surface area contributed by atoms with Gasteiger partial charge in [-0.15, -0.1) is 11.3 Å². The molecule has 3 heterocycles. The molecule has 0 atom stereocenters. The van der Waals surface area contributed by atoms with Gasteiger partial charge in [-0.1, -0.05) is 6.07 Å². The standard InChI is InChI=1S/C20H20N4O4S2.C2HF3O2/c1-12-7-15(23-30(25,26)18-9-24(2)11-21-18)19-14(10-29-20(19)22-12)13-5-6-16(27-3)17(8-13)28-4;3-2(4,5)1(6)7/h5-11H,1-4H3,(H,22,23);(H,6,7). The predicted molar refractivity (Wildman–Crippen MR) is 131 cm³/mol. The Morgan fingerprint density at radius 1 is 1.16 bits per heavy atom. The summed E-state index contributed by atoms with van der Waals surface area (Å²) >= 11 is 1.45. The highest BCUT2D eigenvalue weighted by molar-refractivity contribution is 7.92. The number of pyridine rings is 1. The summed E-state index contributed by atoms with van der Waals surface area (Å²) < 4.78 is 72.5. The lowest BCUT2D eigenvalue weighted by molar-refractivity contribution is -0.192. The Labute approximate surface area is 213 Å². The number of nitrogens with zero attached hydrogens (tertiary/aromatic N) is 3. The molecule has 0 spiro atoms. The molecule has 0 saturated heterocycles. The zero-order valence-electron chi connectivity index (χ0n) is 19.8. The first-order valence-electron chi connectivity index (χ1n) is 10.2. The molecule has 0 fully saturated rings. The smallest absolute Gasteiger partial charge is 0.490 e. The maximum absolute atomic E-state index is 12.9. The lowest BCUT2D eigenvalue weighted by atomic mass is 10.0. The number of thiophene rings is 1. The van der Waals surface area contributed by atoms with Crippen molar-refractivity contribution in [1.29, 1.82) is 0 Å². The Balaban J connectivity index is 0.000000479. The summed E-state index contributed by atoms with van der Waals surface area (Å²) in [6.45, 7) is 1.83. The zero-order chi connectivity index (χ0) is 27.5. The molecule has 15 heteroatoms. The van der Waals surface area contributed by atoms with Crippen molar-refractivity contribution >= 4 is 43.2 Å². The number of hydrogen-bond acceptors (Lipinski definition) is 8. The van der Waals surface area contributed by atoms with Crippen molar-refractivity contribution in [3.63, 3.8) is 0 Å². The average Bonchev–Trinajstić information content (AvgIpc) is 3.45. The number of hydrogen-bond donors (Lipinski definition) is 2. The molecule has 0 aliphatic carbocycles. The van der Waals surface area contributed by atoms with Gasteiger partial charge in [0.2, 0.25) is 0 Å². The minimum absolute atomic E-state index is 0.0458. The van der Waals surface area contributed by atoms with Crippen LogP contribution in [0, 0.1) is 6.92 Å². The SMILES string of the molecule is COc1ccc(-c2csc3nc(C)cc(NS(=O)(=O)c4cn(C)cn4)c23)cc1OC.O=C(O)C(F)(F)F. The molecule has 0 saturated carbocycles. The number of benzene rings is 1. The van der Waals surface area contributed by atoms with Gasteiger partial charge in [0, 0.05) is 35.3 Å². The van der Waals surface area contributed by atoms with Gasteiger partial charge in [0.25, 0.3) is 10.0 Å². The second kappa shape index (κ2) is 10.6. The number of ether oxygens (including phenoxy) is 2. The number of methoxy groups -OCH3 is 2. The molecule has 10 nitrogen and oxygen atoms in total. The fourth-order valence-corrected chi connectivity index (χ4v) is 5.25. The minimum Gasteiger partial charge on any atom is -0.493 e. The third-order valence-electron chi connectivity index (χ3n) is 4.81. The Morgan fingerprint density at radius 3 is 2.35 bits per heavy atom. The van der Waals surface area contributed by atoms with Gasteiger partial charge >= 0.3 is 12.1 Å². The largest absolute Gasteiger partial charge is 0.493 e. The number of carboxylic acid groups (broad SMARTS) is 1. The molecule has 1 aromatic carbocycles. The number of anilines is 1. The van der Waals surface area contributed by atoms with E-state index in [1.807, 2.05) is 30.5 Å². The van der Waals surface area contributed by atoms with Gasteiger partial charge < -0.3 is 19.1 Å². The summed E-state index contributed by atoms with van der Waals surface area (Å²) in [7, 11) is 1.02. The van der Waals surface area contributed by atoms with E-state index in [-0.39, 0.29) is 5.03 Å². The second-order valence-electron chi connectivity index (χ2n) is 7.50. The number of nitrogens with one attached hydrogen (secondary N) is 1. The predicted octanol–water partition coefficient (Wildman–Crippen LogP) is 4.46. The van der Waals surface area contributed by atoms with E-state index < -0.39 is 22.2 Å². The van der Waals surface area contributed by atoms with E-state index >= 15 is 0 Å². The number of carbonyl (C=O) groups is 1. The Bertz CT molecular complexity index is 1550. The Morgan fingerprint density at radius 2 is 1.81 bits per heavy atom. The summed E-state index contributed by atoms with van der Waals surface area (Å²) in [5, 5.41) is 9.75. The molecule has 4 aromatic rings. The lowest BCUT2D eigenvalue weighted by Crippen LogP contribution is -2.21. The molecule has 198 valence electrons. The maximum atomic E-state index is 12.9. The molecule has 0 amide bonds. The molecule has 37 heavy (non-hydrogen) atoms. The number of sulfonamides is 1. The van der Waals surface area contributed by atoms with E-state index in [1.165, 1.54) is 23.9 Å². The van der Waals surface area contributed by atoms with Crippen LogP contribution in [-0.2, 0) is 21.9 Å². The molecule has 0 aliphatic rings. The number of aliphatic carboxylic acids is 1. The van der Waals surface area contributed by atoms with Crippen LogP contribution < -0.4 is 14.2 Å². The molecular formula is C22H21F3N4O6S2. The summed E-state index contributed by atoms with van der Waals surface area (Å²) in [5.74, 6) is -1.55. The van der Waals surface area contributed by atoms with Crippen molar-refractivity contribution in [2.75, 3.05) is 18.9 Å². The summed E-state index contributed by atoms with van der Waals surface area (Å²) in [4.78, 5) is 18.2. The van der Waals surface area contributed by atoms with Crippen molar-refractivity contribution in [3.8, 4) is 22.6 Å². The molecular weight excluding hydrogens is 537 g/mol. The van der Waals surface area contributed by atoms with Crippen LogP contribution in [0.25, 0.3) is 21.3 Å². The first-order valence-corrected chi connectivity index (χ1v) is 12.5. The van der Waals surface area contributed by atoms with Crippen LogP contribution in [-0.4, -0.2) is 54.4 Å². The zero-order valence-corrected chi connectivity index (χ0v) is 21.5. The summed E-state index contributed by atoms with van der Waals surface area (Å²) in [6.07, 6.45) is -2.18. The van der Waals surface area contributed by atoms with Crippen molar-refractivity contribution < 1.29 is 41.0 Å². The molecule has 4 rings (SSSR count). The van der Waals surface area contributed by atoms with Gasteiger partial charge in [0.15, 0.2) is 16.5 Å². The number of fused-ring (bicyclic) bond motifs is 1.